The van der Waals surface area contributed by atoms with Crippen molar-refractivity contribution in [3.8, 4) is 5.95 Å². The molecule has 5 heteroatoms. The highest BCUT2D eigenvalue weighted by Crippen LogP contribution is 2.19. The zero-order valence-corrected chi connectivity index (χ0v) is 10.1. The van der Waals surface area contributed by atoms with E-state index in [0.29, 0.717) is 12.5 Å². The van der Waals surface area contributed by atoms with Crippen molar-refractivity contribution >= 4 is 10.9 Å². The SMILES string of the molecule is C=CCn1nnc(-n2ccc3cc(C)ccc32)n1. The molecule has 0 aliphatic carbocycles. The molecule has 5 nitrogen and oxygen atoms in total. The van der Waals surface area contributed by atoms with Crippen LogP contribution in [-0.4, -0.2) is 24.8 Å². The normalized spacial score (nSPS) is 10.9. The van der Waals surface area contributed by atoms with Gasteiger partial charge in [-0.1, -0.05) is 22.8 Å². The molecule has 0 bridgehead atoms. The molecule has 0 aliphatic heterocycles. The third-order valence-electron chi connectivity index (χ3n) is 2.80. The number of hydrogen-bond donors (Lipinski definition) is 0. The lowest BCUT2D eigenvalue weighted by molar-refractivity contribution is 0.582. The average Bonchev–Trinajstić information content (AvgIpc) is 2.95. The Bertz CT molecular complexity index is 707. The highest BCUT2D eigenvalue weighted by Gasteiger charge is 2.08. The number of benzene rings is 1. The minimum Gasteiger partial charge on any atom is -0.283 e. The second-order valence-electron chi connectivity index (χ2n) is 4.18. The summed E-state index contributed by atoms with van der Waals surface area (Å²) in [5.41, 5.74) is 2.32. The smallest absolute Gasteiger partial charge is 0.274 e. The number of rotatable bonds is 3. The van der Waals surface area contributed by atoms with E-state index in [1.54, 1.807) is 6.08 Å². The van der Waals surface area contributed by atoms with Crippen LogP contribution in [0, 0.1) is 6.92 Å². The molecule has 2 heterocycles. The summed E-state index contributed by atoms with van der Waals surface area (Å²) in [5, 5.41) is 13.5. The number of aromatic nitrogens is 5. The molecular formula is C13H13N5. The van der Waals surface area contributed by atoms with Gasteiger partial charge in [0.1, 0.15) is 0 Å². The van der Waals surface area contributed by atoms with E-state index in [0.717, 1.165) is 5.52 Å². The quantitative estimate of drug-likeness (QED) is 0.658. The molecule has 0 saturated heterocycles. The Labute approximate surface area is 104 Å². The van der Waals surface area contributed by atoms with E-state index < -0.39 is 0 Å². The third kappa shape index (κ3) is 1.69. The number of nitrogens with zero attached hydrogens (tertiary/aromatic N) is 5. The Morgan fingerprint density at radius 3 is 3.06 bits per heavy atom. The molecule has 0 unspecified atom stereocenters. The Morgan fingerprint density at radius 1 is 1.33 bits per heavy atom. The lowest BCUT2D eigenvalue weighted by Gasteiger charge is -1.99. The van der Waals surface area contributed by atoms with Gasteiger partial charge in [0.25, 0.3) is 5.95 Å². The number of aryl methyl sites for hydroxylation is 1. The van der Waals surface area contributed by atoms with Crippen LogP contribution in [0.4, 0.5) is 0 Å². The second kappa shape index (κ2) is 4.10. The van der Waals surface area contributed by atoms with Gasteiger partial charge in [0.15, 0.2) is 0 Å². The molecule has 0 saturated carbocycles. The highest BCUT2D eigenvalue weighted by atomic mass is 15.6. The number of hydrogen-bond acceptors (Lipinski definition) is 3. The largest absolute Gasteiger partial charge is 0.283 e. The van der Waals surface area contributed by atoms with Crippen molar-refractivity contribution in [1.29, 1.82) is 0 Å². The van der Waals surface area contributed by atoms with Gasteiger partial charge in [-0.25, -0.2) is 0 Å². The standard InChI is InChI=1S/C13H13N5/c1-3-7-18-15-13(14-16-18)17-8-6-11-9-10(2)4-5-12(11)17/h3-6,8-9H,1,7H2,2H3. The first-order valence-electron chi connectivity index (χ1n) is 5.75. The van der Waals surface area contributed by atoms with Gasteiger partial charge in [0.2, 0.25) is 0 Å². The van der Waals surface area contributed by atoms with Crippen molar-refractivity contribution in [2.75, 3.05) is 0 Å². The average molecular weight is 239 g/mol. The molecule has 0 aliphatic rings. The molecule has 0 radical (unpaired) electrons. The molecule has 0 fully saturated rings. The summed E-state index contributed by atoms with van der Waals surface area (Å²) >= 11 is 0. The zero-order chi connectivity index (χ0) is 12.5. The minimum absolute atomic E-state index is 0.561. The summed E-state index contributed by atoms with van der Waals surface area (Å²) in [6.45, 7) is 6.29. The Morgan fingerprint density at radius 2 is 2.22 bits per heavy atom. The van der Waals surface area contributed by atoms with E-state index in [2.05, 4.69) is 53.2 Å². The Kier molecular flexibility index (Phi) is 2.44. The molecule has 3 rings (SSSR count). The van der Waals surface area contributed by atoms with E-state index in [1.807, 2.05) is 10.8 Å². The fourth-order valence-corrected chi connectivity index (χ4v) is 1.96. The minimum atomic E-state index is 0.561. The summed E-state index contributed by atoms with van der Waals surface area (Å²) in [6.07, 6.45) is 3.70. The maximum atomic E-state index is 4.30. The van der Waals surface area contributed by atoms with Crippen LogP contribution in [0.1, 0.15) is 5.56 Å². The van der Waals surface area contributed by atoms with E-state index in [1.165, 1.54) is 15.7 Å². The summed E-state index contributed by atoms with van der Waals surface area (Å²) in [6, 6.07) is 8.34. The van der Waals surface area contributed by atoms with E-state index in [-0.39, 0.29) is 0 Å². The molecule has 18 heavy (non-hydrogen) atoms. The van der Waals surface area contributed by atoms with E-state index in [4.69, 9.17) is 0 Å². The molecule has 90 valence electrons. The van der Waals surface area contributed by atoms with Crippen LogP contribution in [0.15, 0.2) is 43.1 Å². The van der Waals surface area contributed by atoms with Crippen molar-refractivity contribution in [3.05, 3.63) is 48.7 Å². The molecule has 0 atom stereocenters. The van der Waals surface area contributed by atoms with Crippen molar-refractivity contribution in [1.82, 2.24) is 24.8 Å². The van der Waals surface area contributed by atoms with Crippen LogP contribution in [0.3, 0.4) is 0 Å². The van der Waals surface area contributed by atoms with Crippen LogP contribution in [0.2, 0.25) is 0 Å². The van der Waals surface area contributed by atoms with Crippen molar-refractivity contribution in [3.63, 3.8) is 0 Å². The van der Waals surface area contributed by atoms with Crippen molar-refractivity contribution in [2.24, 2.45) is 0 Å². The maximum Gasteiger partial charge on any atom is 0.274 e. The van der Waals surface area contributed by atoms with Crippen LogP contribution in [0.25, 0.3) is 16.9 Å². The zero-order valence-electron chi connectivity index (χ0n) is 10.1. The van der Waals surface area contributed by atoms with Gasteiger partial charge in [-0.05, 0) is 30.3 Å². The number of fused-ring (bicyclic) bond motifs is 1. The van der Waals surface area contributed by atoms with Gasteiger partial charge >= 0.3 is 0 Å². The van der Waals surface area contributed by atoms with Gasteiger partial charge in [-0.15, -0.1) is 11.7 Å². The second-order valence-corrected chi connectivity index (χ2v) is 4.18. The van der Waals surface area contributed by atoms with Crippen LogP contribution in [-0.2, 0) is 6.54 Å². The van der Waals surface area contributed by atoms with Crippen molar-refractivity contribution in [2.45, 2.75) is 13.5 Å². The predicted octanol–water partition coefficient (Wildman–Crippen LogP) is 2.11. The van der Waals surface area contributed by atoms with Gasteiger partial charge in [0, 0.05) is 11.6 Å². The van der Waals surface area contributed by atoms with Gasteiger partial charge in [-0.3, -0.25) is 4.57 Å². The van der Waals surface area contributed by atoms with E-state index in [9.17, 15) is 0 Å². The molecule has 0 N–H and O–H groups in total. The molecule has 3 aromatic rings. The third-order valence-corrected chi connectivity index (χ3v) is 2.80. The Balaban J connectivity index is 2.10. The summed E-state index contributed by atoms with van der Waals surface area (Å²) in [5.74, 6) is 0.579. The molecule has 0 amide bonds. The Hall–Kier alpha value is -2.43. The maximum absolute atomic E-state index is 4.30. The van der Waals surface area contributed by atoms with Crippen LogP contribution in [0.5, 0.6) is 0 Å². The fraction of sp³-hybridized carbons (Fsp3) is 0.154. The first-order valence-corrected chi connectivity index (χ1v) is 5.75. The first-order chi connectivity index (χ1) is 8.78. The van der Waals surface area contributed by atoms with Crippen LogP contribution < -0.4 is 0 Å². The fourth-order valence-electron chi connectivity index (χ4n) is 1.96. The highest BCUT2D eigenvalue weighted by molar-refractivity contribution is 5.82. The molecular weight excluding hydrogens is 226 g/mol. The summed E-state index contributed by atoms with van der Waals surface area (Å²) in [4.78, 5) is 1.52. The van der Waals surface area contributed by atoms with Gasteiger partial charge in [-0.2, -0.15) is 4.80 Å². The predicted molar refractivity (Wildman–Crippen MR) is 69.6 cm³/mol. The van der Waals surface area contributed by atoms with E-state index >= 15 is 0 Å². The number of tetrazole rings is 1. The lowest BCUT2D eigenvalue weighted by atomic mass is 10.2. The van der Waals surface area contributed by atoms with Gasteiger partial charge in [0.05, 0.1) is 12.1 Å². The summed E-state index contributed by atoms with van der Waals surface area (Å²) in [7, 11) is 0. The lowest BCUT2D eigenvalue weighted by Crippen LogP contribution is -2.01. The molecule has 2 aromatic heterocycles. The first kappa shape index (κ1) is 10.7. The summed E-state index contributed by atoms with van der Waals surface area (Å²) < 4.78 is 1.93. The number of allylic oxidation sites excluding steroid dienone is 1. The monoisotopic (exact) mass is 239 g/mol. The topological polar surface area (TPSA) is 48.5 Å². The van der Waals surface area contributed by atoms with Crippen LogP contribution >= 0.6 is 0 Å². The van der Waals surface area contributed by atoms with Gasteiger partial charge < -0.3 is 0 Å². The molecule has 1 aromatic carbocycles. The molecule has 0 spiro atoms. The van der Waals surface area contributed by atoms with Crippen molar-refractivity contribution < 1.29 is 0 Å².